The molecule has 5 heteroatoms. The highest BCUT2D eigenvalue weighted by atomic mass is 32.1. The predicted octanol–water partition coefficient (Wildman–Crippen LogP) is 1.90. The lowest BCUT2D eigenvalue weighted by Gasteiger charge is -2.33. The average molecular weight is 281 g/mol. The van der Waals surface area contributed by atoms with Crippen molar-refractivity contribution < 1.29 is 14.3 Å². The average Bonchev–Trinajstić information content (AvgIpc) is 3.12. The quantitative estimate of drug-likeness (QED) is 0.849. The highest BCUT2D eigenvalue weighted by molar-refractivity contribution is 7.10. The fraction of sp³-hybridized carbons (Fsp3) is 0.643. The summed E-state index contributed by atoms with van der Waals surface area (Å²) in [7, 11) is 0. The van der Waals surface area contributed by atoms with Crippen LogP contribution in [0.15, 0.2) is 17.5 Å². The van der Waals surface area contributed by atoms with Crippen LogP contribution in [0.25, 0.3) is 0 Å². The Morgan fingerprint density at radius 3 is 2.68 bits per heavy atom. The standard InChI is InChI=1S/C14H19NO3S/c16-13(10-12-2-1-9-19-12)15-5-3-11(4-6-15)14-17-7-8-18-14/h1-2,9,11,14H,3-8,10H2. The first-order valence-corrected chi connectivity index (χ1v) is 7.74. The maximum atomic E-state index is 12.2. The monoisotopic (exact) mass is 281 g/mol. The Hall–Kier alpha value is -0.910. The summed E-state index contributed by atoms with van der Waals surface area (Å²) in [6, 6.07) is 4.02. The van der Waals surface area contributed by atoms with E-state index in [1.54, 1.807) is 11.3 Å². The summed E-state index contributed by atoms with van der Waals surface area (Å²) in [5.41, 5.74) is 0. The van der Waals surface area contributed by atoms with Gasteiger partial charge in [-0.05, 0) is 24.3 Å². The van der Waals surface area contributed by atoms with Crippen LogP contribution in [0.4, 0.5) is 0 Å². The number of likely N-dealkylation sites (tertiary alicyclic amines) is 1. The van der Waals surface area contributed by atoms with Crippen molar-refractivity contribution in [3.05, 3.63) is 22.4 Å². The summed E-state index contributed by atoms with van der Waals surface area (Å²) in [5.74, 6) is 0.697. The Bertz CT molecular complexity index is 406. The lowest BCUT2D eigenvalue weighted by Crippen LogP contribution is -2.42. The molecule has 0 unspecified atom stereocenters. The van der Waals surface area contributed by atoms with Crippen molar-refractivity contribution in [1.29, 1.82) is 0 Å². The first kappa shape index (κ1) is 13.1. The lowest BCUT2D eigenvalue weighted by molar-refractivity contribution is -0.136. The van der Waals surface area contributed by atoms with Gasteiger partial charge in [0.15, 0.2) is 6.29 Å². The number of amides is 1. The van der Waals surface area contributed by atoms with E-state index in [1.165, 1.54) is 0 Å². The minimum Gasteiger partial charge on any atom is -0.350 e. The molecule has 0 bridgehead atoms. The van der Waals surface area contributed by atoms with Crippen LogP contribution in [0.5, 0.6) is 0 Å². The maximum absolute atomic E-state index is 12.2. The van der Waals surface area contributed by atoms with Crippen molar-refractivity contribution in [3.8, 4) is 0 Å². The van der Waals surface area contributed by atoms with Crippen LogP contribution < -0.4 is 0 Å². The summed E-state index contributed by atoms with van der Waals surface area (Å²) in [6.45, 7) is 3.08. The summed E-state index contributed by atoms with van der Waals surface area (Å²) < 4.78 is 11.1. The van der Waals surface area contributed by atoms with E-state index in [2.05, 4.69) is 0 Å². The Morgan fingerprint density at radius 1 is 1.32 bits per heavy atom. The van der Waals surface area contributed by atoms with Gasteiger partial charge in [-0.15, -0.1) is 11.3 Å². The zero-order valence-electron chi connectivity index (χ0n) is 10.9. The van der Waals surface area contributed by atoms with Gasteiger partial charge in [-0.1, -0.05) is 6.07 Å². The number of carbonyl (C=O) groups excluding carboxylic acids is 1. The second kappa shape index (κ2) is 6.03. The van der Waals surface area contributed by atoms with E-state index in [9.17, 15) is 4.79 Å². The molecular formula is C14H19NO3S. The summed E-state index contributed by atoms with van der Waals surface area (Å²) in [6.07, 6.45) is 2.48. The van der Waals surface area contributed by atoms with Crippen molar-refractivity contribution in [2.45, 2.75) is 25.6 Å². The first-order chi connectivity index (χ1) is 9.33. The van der Waals surface area contributed by atoms with Gasteiger partial charge in [0.1, 0.15) is 0 Å². The molecule has 0 atom stereocenters. The number of ether oxygens (including phenoxy) is 2. The molecule has 1 aromatic heterocycles. The van der Waals surface area contributed by atoms with Crippen molar-refractivity contribution in [1.82, 2.24) is 4.90 Å². The fourth-order valence-electron chi connectivity index (χ4n) is 2.74. The third-order valence-corrected chi connectivity index (χ3v) is 4.71. The van der Waals surface area contributed by atoms with Gasteiger partial charge in [0.05, 0.1) is 19.6 Å². The molecule has 1 aromatic rings. The van der Waals surface area contributed by atoms with Gasteiger partial charge in [0, 0.05) is 23.9 Å². The van der Waals surface area contributed by atoms with Gasteiger partial charge in [0.2, 0.25) is 5.91 Å². The number of hydrogen-bond donors (Lipinski definition) is 0. The molecule has 2 aliphatic rings. The molecule has 2 fully saturated rings. The van der Waals surface area contributed by atoms with Gasteiger partial charge >= 0.3 is 0 Å². The number of rotatable bonds is 3. The fourth-order valence-corrected chi connectivity index (χ4v) is 3.44. The third-order valence-electron chi connectivity index (χ3n) is 3.83. The van der Waals surface area contributed by atoms with Gasteiger partial charge in [0.25, 0.3) is 0 Å². The van der Waals surface area contributed by atoms with E-state index in [0.717, 1.165) is 30.8 Å². The van der Waals surface area contributed by atoms with E-state index in [1.807, 2.05) is 22.4 Å². The van der Waals surface area contributed by atoms with Crippen LogP contribution in [0.1, 0.15) is 17.7 Å². The molecule has 3 rings (SSSR count). The molecule has 19 heavy (non-hydrogen) atoms. The molecule has 0 spiro atoms. The number of thiophene rings is 1. The summed E-state index contributed by atoms with van der Waals surface area (Å²) in [5, 5.41) is 2.02. The second-order valence-corrected chi connectivity index (χ2v) is 6.12. The Balaban J connectivity index is 1.48. The van der Waals surface area contributed by atoms with Crippen LogP contribution in [-0.4, -0.2) is 43.4 Å². The van der Waals surface area contributed by atoms with Crippen molar-refractivity contribution in [2.24, 2.45) is 5.92 Å². The number of carbonyl (C=O) groups is 1. The van der Waals surface area contributed by atoms with E-state index in [-0.39, 0.29) is 12.2 Å². The zero-order chi connectivity index (χ0) is 13.1. The molecule has 104 valence electrons. The zero-order valence-corrected chi connectivity index (χ0v) is 11.7. The predicted molar refractivity (Wildman–Crippen MR) is 73.0 cm³/mol. The van der Waals surface area contributed by atoms with Crippen molar-refractivity contribution in [3.63, 3.8) is 0 Å². The maximum Gasteiger partial charge on any atom is 0.227 e. The van der Waals surface area contributed by atoms with Crippen molar-refractivity contribution in [2.75, 3.05) is 26.3 Å². The molecule has 2 saturated heterocycles. The van der Waals surface area contributed by atoms with Crippen LogP contribution in [0, 0.1) is 5.92 Å². The number of piperidine rings is 1. The molecule has 0 saturated carbocycles. The van der Waals surface area contributed by atoms with E-state index in [0.29, 0.717) is 25.6 Å². The minimum atomic E-state index is -0.0328. The Morgan fingerprint density at radius 2 is 2.05 bits per heavy atom. The second-order valence-electron chi connectivity index (χ2n) is 5.08. The minimum absolute atomic E-state index is 0.0328. The molecule has 0 aliphatic carbocycles. The molecule has 4 nitrogen and oxygen atoms in total. The largest absolute Gasteiger partial charge is 0.350 e. The Kier molecular flexibility index (Phi) is 4.15. The van der Waals surface area contributed by atoms with E-state index in [4.69, 9.17) is 9.47 Å². The lowest BCUT2D eigenvalue weighted by atomic mass is 9.96. The van der Waals surface area contributed by atoms with Crippen LogP contribution >= 0.6 is 11.3 Å². The smallest absolute Gasteiger partial charge is 0.227 e. The van der Waals surface area contributed by atoms with Crippen LogP contribution in [0.3, 0.4) is 0 Å². The molecule has 0 N–H and O–H groups in total. The molecule has 0 radical (unpaired) electrons. The van der Waals surface area contributed by atoms with Gasteiger partial charge in [-0.25, -0.2) is 0 Å². The third kappa shape index (κ3) is 3.16. The van der Waals surface area contributed by atoms with E-state index >= 15 is 0 Å². The Labute approximate surface area is 117 Å². The topological polar surface area (TPSA) is 38.8 Å². The molecular weight excluding hydrogens is 262 g/mol. The normalized spacial score (nSPS) is 22.0. The first-order valence-electron chi connectivity index (χ1n) is 6.86. The summed E-state index contributed by atoms with van der Waals surface area (Å²) >= 11 is 1.65. The van der Waals surface area contributed by atoms with E-state index < -0.39 is 0 Å². The molecule has 2 aliphatic heterocycles. The SMILES string of the molecule is O=C(Cc1cccs1)N1CCC(C2OCCO2)CC1. The van der Waals surface area contributed by atoms with Gasteiger partial charge < -0.3 is 14.4 Å². The van der Waals surface area contributed by atoms with Gasteiger partial charge in [-0.2, -0.15) is 0 Å². The molecule has 0 aromatic carbocycles. The number of nitrogens with zero attached hydrogens (tertiary/aromatic N) is 1. The molecule has 1 amide bonds. The van der Waals surface area contributed by atoms with Crippen molar-refractivity contribution >= 4 is 17.2 Å². The molecule has 3 heterocycles. The summed E-state index contributed by atoms with van der Waals surface area (Å²) in [4.78, 5) is 15.3. The van der Waals surface area contributed by atoms with Crippen LogP contribution in [-0.2, 0) is 20.7 Å². The highest BCUT2D eigenvalue weighted by Crippen LogP contribution is 2.26. The number of hydrogen-bond acceptors (Lipinski definition) is 4. The van der Waals surface area contributed by atoms with Crippen LogP contribution in [0.2, 0.25) is 0 Å². The van der Waals surface area contributed by atoms with Gasteiger partial charge in [-0.3, -0.25) is 4.79 Å². The highest BCUT2D eigenvalue weighted by Gasteiger charge is 2.31.